The molecule has 3 aliphatic carbocycles. The van der Waals surface area contributed by atoms with Gasteiger partial charge in [-0.15, -0.1) is 0 Å². The number of ketones is 1. The Morgan fingerprint density at radius 2 is 1.73 bits per heavy atom. The van der Waals surface area contributed by atoms with Gasteiger partial charge in [0.1, 0.15) is 11.4 Å². The summed E-state index contributed by atoms with van der Waals surface area (Å²) in [6.45, 7) is 23.1. The Morgan fingerprint density at radius 3 is 2.27 bits per heavy atom. The molecule has 206 valence electrons. The fraction of sp³-hybridized carbons (Fsp3) is 0.389. The molecular formula is C36H39NO3. The van der Waals surface area contributed by atoms with E-state index >= 15 is 0 Å². The van der Waals surface area contributed by atoms with E-state index in [1.54, 1.807) is 12.1 Å². The molecule has 0 unspecified atom stereocenters. The maximum atomic E-state index is 12.7. The predicted molar refractivity (Wildman–Crippen MR) is 161 cm³/mol. The van der Waals surface area contributed by atoms with E-state index in [-0.39, 0.29) is 22.9 Å². The van der Waals surface area contributed by atoms with Crippen molar-refractivity contribution in [2.45, 2.75) is 79.2 Å². The maximum absolute atomic E-state index is 12.7. The molecule has 0 saturated heterocycles. The Kier molecular flexibility index (Phi) is 6.21. The topological polar surface area (TPSA) is 81.3 Å². The number of allylic oxidation sites excluding steroid dienone is 3. The second kappa shape index (κ2) is 8.91. The first-order valence-electron chi connectivity index (χ1n) is 14.0. The van der Waals surface area contributed by atoms with E-state index in [4.69, 9.17) is 0 Å². The van der Waals surface area contributed by atoms with Gasteiger partial charge in [0.05, 0.1) is 11.6 Å². The second-order valence-corrected chi connectivity index (χ2v) is 13.1. The molecule has 0 fully saturated rings. The molecule has 3 atom stereocenters. The van der Waals surface area contributed by atoms with Crippen molar-refractivity contribution >= 4 is 11.4 Å². The van der Waals surface area contributed by atoms with Gasteiger partial charge in [-0.3, -0.25) is 4.79 Å². The molecule has 2 aromatic rings. The van der Waals surface area contributed by atoms with Crippen LogP contribution in [0.15, 0.2) is 71.4 Å². The van der Waals surface area contributed by atoms with Gasteiger partial charge in [0, 0.05) is 22.1 Å². The number of carbonyl (C=O) groups excluding carboxylic acids is 1. The molecule has 2 N–H and O–H groups in total. The maximum Gasteiger partial charge on any atom is 0.160 e. The van der Waals surface area contributed by atoms with Crippen molar-refractivity contribution in [3.05, 3.63) is 93.6 Å². The Hall–Kier alpha value is -3.68. The molecule has 40 heavy (non-hydrogen) atoms. The molecule has 0 amide bonds. The Balaban J connectivity index is 1.79. The molecule has 5 rings (SSSR count). The number of phenolic OH excluding ortho intramolecular Hbond substituents is 1. The summed E-state index contributed by atoms with van der Waals surface area (Å²) in [6.07, 6.45) is 2.01. The smallest absolute Gasteiger partial charge is 0.160 e. The summed E-state index contributed by atoms with van der Waals surface area (Å²) in [6, 6.07) is 11.5. The summed E-state index contributed by atoms with van der Waals surface area (Å²) in [5, 5.41) is 33.6. The molecule has 2 aromatic carbocycles. The van der Waals surface area contributed by atoms with E-state index in [2.05, 4.69) is 53.0 Å². The third kappa shape index (κ3) is 3.57. The highest BCUT2D eigenvalue weighted by Crippen LogP contribution is 2.67. The zero-order valence-electron chi connectivity index (χ0n) is 24.7. The van der Waals surface area contributed by atoms with Crippen LogP contribution in [0.4, 0.5) is 0 Å². The number of nitriles is 1. The minimum atomic E-state index is -1.40. The first-order chi connectivity index (χ1) is 18.6. The summed E-state index contributed by atoms with van der Waals surface area (Å²) in [4.78, 5) is 12.7. The lowest BCUT2D eigenvalue weighted by Crippen LogP contribution is -2.58. The van der Waals surface area contributed by atoms with Crippen LogP contribution in [0.3, 0.4) is 0 Å². The van der Waals surface area contributed by atoms with E-state index < -0.39 is 11.0 Å². The zero-order chi connectivity index (χ0) is 29.5. The zero-order valence-corrected chi connectivity index (χ0v) is 24.7. The van der Waals surface area contributed by atoms with Gasteiger partial charge in [-0.2, -0.15) is 5.26 Å². The van der Waals surface area contributed by atoms with Crippen molar-refractivity contribution in [2.75, 3.05) is 0 Å². The van der Waals surface area contributed by atoms with Crippen molar-refractivity contribution in [1.29, 1.82) is 5.26 Å². The molecule has 4 nitrogen and oxygen atoms in total. The van der Waals surface area contributed by atoms with Crippen LogP contribution < -0.4 is 0 Å². The molecule has 0 saturated carbocycles. The molecule has 4 heteroatoms. The minimum absolute atomic E-state index is 0.0804. The predicted octanol–water partition coefficient (Wildman–Crippen LogP) is 7.95. The SMILES string of the molecule is C=C1C2=C(C)[C@@]3(O)C(=C)C(C(C)=O)=C(C)C[C@@]3(C)C[C@@]2(C)Cc2c(C(C)C)cc(-c3ccc(C#N)cc3)c(O)c21. The van der Waals surface area contributed by atoms with Gasteiger partial charge in [0.15, 0.2) is 5.78 Å². The van der Waals surface area contributed by atoms with Crippen molar-refractivity contribution < 1.29 is 15.0 Å². The number of Topliss-reactive ketones (excluding diaryl/α,β-unsaturated/α-hetero) is 1. The largest absolute Gasteiger partial charge is 0.507 e. The number of aliphatic hydroxyl groups is 1. The van der Waals surface area contributed by atoms with Gasteiger partial charge < -0.3 is 10.2 Å². The van der Waals surface area contributed by atoms with Crippen molar-refractivity contribution in [2.24, 2.45) is 10.8 Å². The van der Waals surface area contributed by atoms with Crippen LogP contribution in [0.1, 0.15) is 89.5 Å². The summed E-state index contributed by atoms with van der Waals surface area (Å²) in [5.74, 6) is 0.297. The van der Waals surface area contributed by atoms with Crippen LogP contribution in [0.25, 0.3) is 16.7 Å². The highest BCUT2D eigenvalue weighted by Gasteiger charge is 2.62. The molecule has 0 heterocycles. The first kappa shape index (κ1) is 27.9. The average molecular weight is 534 g/mol. The van der Waals surface area contributed by atoms with Crippen LogP contribution >= 0.6 is 0 Å². The number of carbonyl (C=O) groups is 1. The van der Waals surface area contributed by atoms with Gasteiger partial charge in [-0.1, -0.05) is 58.6 Å². The number of benzene rings is 2. The van der Waals surface area contributed by atoms with Gasteiger partial charge in [-0.05, 0) is 109 Å². The number of fused-ring (bicyclic) bond motifs is 3. The Bertz CT molecular complexity index is 1630. The lowest BCUT2D eigenvalue weighted by Gasteiger charge is -2.60. The minimum Gasteiger partial charge on any atom is -0.507 e. The summed E-state index contributed by atoms with van der Waals surface area (Å²) < 4.78 is 0. The lowest BCUT2D eigenvalue weighted by molar-refractivity contribution is -0.114. The summed E-state index contributed by atoms with van der Waals surface area (Å²) in [5.41, 5.74) is 7.25. The van der Waals surface area contributed by atoms with Gasteiger partial charge >= 0.3 is 0 Å². The normalized spacial score (nSPS) is 27.8. The fourth-order valence-electron chi connectivity index (χ4n) is 8.53. The van der Waals surface area contributed by atoms with E-state index in [9.17, 15) is 20.3 Å². The van der Waals surface area contributed by atoms with Crippen molar-refractivity contribution in [3.8, 4) is 22.9 Å². The van der Waals surface area contributed by atoms with E-state index in [0.29, 0.717) is 41.5 Å². The van der Waals surface area contributed by atoms with E-state index in [0.717, 1.165) is 39.0 Å². The van der Waals surface area contributed by atoms with Crippen molar-refractivity contribution in [3.63, 3.8) is 0 Å². The number of aromatic hydroxyl groups is 1. The standard InChI is InChI=1S/C36H39NO3/c1-19(2)27-14-28(26-12-10-25(17-37)11-13-26)33(39)31-21(4)32-23(6)36(40)22(5)30(24(7)38)20(3)15-35(36,9)18-34(32,8)16-29(27)31/h10-14,19,39-40H,4-5,15-16,18H2,1-3,6-9H3/t34-,35+,36+/m1/s1. The first-order valence-corrected chi connectivity index (χ1v) is 14.0. The number of hydrogen-bond acceptors (Lipinski definition) is 4. The molecule has 0 spiro atoms. The summed E-state index contributed by atoms with van der Waals surface area (Å²) in [7, 11) is 0. The van der Waals surface area contributed by atoms with E-state index in [1.165, 1.54) is 12.5 Å². The molecule has 0 radical (unpaired) electrons. The van der Waals surface area contributed by atoms with Gasteiger partial charge in [0.2, 0.25) is 0 Å². The molecule has 3 aliphatic rings. The molecule has 0 aliphatic heterocycles. The Morgan fingerprint density at radius 1 is 1.10 bits per heavy atom. The highest BCUT2D eigenvalue weighted by molar-refractivity contribution is 6.00. The lowest BCUT2D eigenvalue weighted by atomic mass is 9.45. The second-order valence-electron chi connectivity index (χ2n) is 13.1. The average Bonchev–Trinajstić information content (AvgIpc) is 2.85. The van der Waals surface area contributed by atoms with Crippen LogP contribution in [0.5, 0.6) is 5.75 Å². The number of phenols is 1. The van der Waals surface area contributed by atoms with Gasteiger partial charge in [0.25, 0.3) is 0 Å². The van der Waals surface area contributed by atoms with Crippen LogP contribution in [-0.2, 0) is 11.2 Å². The quantitative estimate of drug-likeness (QED) is 0.419. The number of hydrogen-bond donors (Lipinski definition) is 2. The number of rotatable bonds is 3. The monoisotopic (exact) mass is 533 g/mol. The van der Waals surface area contributed by atoms with Crippen molar-refractivity contribution in [1.82, 2.24) is 0 Å². The Labute approximate surface area is 238 Å². The molecular weight excluding hydrogens is 494 g/mol. The fourth-order valence-corrected chi connectivity index (χ4v) is 8.53. The molecule has 0 aromatic heterocycles. The van der Waals surface area contributed by atoms with Crippen LogP contribution in [0.2, 0.25) is 0 Å². The van der Waals surface area contributed by atoms with Crippen LogP contribution in [0, 0.1) is 22.2 Å². The summed E-state index contributed by atoms with van der Waals surface area (Å²) >= 11 is 0. The van der Waals surface area contributed by atoms with Crippen LogP contribution in [-0.4, -0.2) is 21.6 Å². The highest BCUT2D eigenvalue weighted by atomic mass is 16.3. The molecule has 0 bridgehead atoms. The third-order valence-corrected chi connectivity index (χ3v) is 9.91. The third-order valence-electron chi connectivity index (χ3n) is 9.91. The van der Waals surface area contributed by atoms with E-state index in [1.807, 2.05) is 26.0 Å². The van der Waals surface area contributed by atoms with Gasteiger partial charge in [-0.25, -0.2) is 0 Å². The number of nitrogens with zero attached hydrogens (tertiary/aromatic N) is 1.